The topological polar surface area (TPSA) is 35.6 Å². The summed E-state index contributed by atoms with van der Waals surface area (Å²) in [7, 11) is 0. The second-order valence-electron chi connectivity index (χ2n) is 10.7. The molecule has 0 aliphatic carbocycles. The Hall–Kier alpha value is -5.74. The normalized spacial score (nSPS) is 11.8. The highest BCUT2D eigenvalue weighted by Gasteiger charge is 2.19. The van der Waals surface area contributed by atoms with Crippen LogP contribution in [0.2, 0.25) is 0 Å². The zero-order chi connectivity index (χ0) is 27.6. The summed E-state index contributed by atoms with van der Waals surface area (Å²) in [6.45, 7) is 0. The number of benzene rings is 5. The first-order valence-electron chi connectivity index (χ1n) is 14.2. The predicted octanol–water partition coefficient (Wildman–Crippen LogP) is 9.49. The maximum atomic E-state index is 4.94. The standard InChI is InChI=1S/C38H24N4/c1-2-8-27(9-3-1)41-32-12-6-4-10-30(32)37-28-16-18-35-38(29(28)15-17-34(37)41)31-11-5-7-13-33(31)42(35)36-19-14-26(24-40-36)25-20-22-39-23-21-25/h1-24H. The molecule has 0 bridgehead atoms. The van der Waals surface area contributed by atoms with Gasteiger partial charge >= 0.3 is 0 Å². The SMILES string of the molecule is c1ccc(-n2c3ccccc3c3c4ccc5c(c4ccc32)c2ccccc2n5-c2ccc(-c3ccncc3)cn2)cc1. The molecule has 0 spiro atoms. The van der Waals surface area contributed by atoms with Gasteiger partial charge in [0.05, 0.1) is 22.1 Å². The Bertz CT molecular complexity index is 2430. The minimum absolute atomic E-state index is 0.903. The third-order valence-corrected chi connectivity index (χ3v) is 8.47. The van der Waals surface area contributed by atoms with Gasteiger partial charge < -0.3 is 4.57 Å². The Kier molecular flexibility index (Phi) is 4.87. The maximum absolute atomic E-state index is 4.94. The highest BCUT2D eigenvalue weighted by atomic mass is 15.1. The molecule has 0 fully saturated rings. The number of aromatic nitrogens is 4. The van der Waals surface area contributed by atoms with Gasteiger partial charge in [0.2, 0.25) is 0 Å². The molecule has 0 atom stereocenters. The van der Waals surface area contributed by atoms with E-state index < -0.39 is 0 Å². The first kappa shape index (κ1) is 23.0. The van der Waals surface area contributed by atoms with Crippen LogP contribution in [0.25, 0.3) is 77.0 Å². The summed E-state index contributed by atoms with van der Waals surface area (Å²) in [4.78, 5) is 9.09. The molecular weight excluding hydrogens is 512 g/mol. The van der Waals surface area contributed by atoms with Crippen molar-refractivity contribution in [2.45, 2.75) is 0 Å². The minimum Gasteiger partial charge on any atom is -0.309 e. The summed E-state index contributed by atoms with van der Waals surface area (Å²) in [5.41, 5.74) is 8.08. The van der Waals surface area contributed by atoms with E-state index in [0.717, 1.165) is 28.0 Å². The average Bonchev–Trinajstić information content (AvgIpc) is 3.59. The summed E-state index contributed by atoms with van der Waals surface area (Å²) in [5, 5.41) is 7.53. The average molecular weight is 537 g/mol. The lowest BCUT2D eigenvalue weighted by Crippen LogP contribution is -1.97. The van der Waals surface area contributed by atoms with Crippen LogP contribution in [0.4, 0.5) is 0 Å². The molecule has 0 radical (unpaired) electrons. The molecular formula is C38H24N4. The summed E-state index contributed by atoms with van der Waals surface area (Å²) >= 11 is 0. The van der Waals surface area contributed by atoms with Crippen LogP contribution in [-0.2, 0) is 0 Å². The number of fused-ring (bicyclic) bond motifs is 9. The Morgan fingerprint density at radius 3 is 1.64 bits per heavy atom. The van der Waals surface area contributed by atoms with E-state index in [1.165, 1.54) is 49.0 Å². The fraction of sp³-hybridized carbons (Fsp3) is 0. The van der Waals surface area contributed by atoms with Crippen LogP contribution in [0.3, 0.4) is 0 Å². The van der Waals surface area contributed by atoms with Gasteiger partial charge in [0.1, 0.15) is 5.82 Å². The highest BCUT2D eigenvalue weighted by Crippen LogP contribution is 2.42. The molecule has 0 saturated carbocycles. The third kappa shape index (κ3) is 3.23. The van der Waals surface area contributed by atoms with Crippen molar-refractivity contribution in [2.24, 2.45) is 0 Å². The van der Waals surface area contributed by atoms with Gasteiger partial charge in [-0.25, -0.2) is 4.98 Å². The molecule has 4 nitrogen and oxygen atoms in total. The van der Waals surface area contributed by atoms with Crippen LogP contribution >= 0.6 is 0 Å². The van der Waals surface area contributed by atoms with E-state index in [1.807, 2.05) is 30.7 Å². The molecule has 4 aromatic heterocycles. The maximum Gasteiger partial charge on any atom is 0.137 e. The van der Waals surface area contributed by atoms with Gasteiger partial charge in [-0.1, -0.05) is 66.7 Å². The Morgan fingerprint density at radius 1 is 0.405 bits per heavy atom. The van der Waals surface area contributed by atoms with Crippen LogP contribution in [0.5, 0.6) is 0 Å². The number of hydrogen-bond acceptors (Lipinski definition) is 2. The zero-order valence-corrected chi connectivity index (χ0v) is 22.6. The molecule has 42 heavy (non-hydrogen) atoms. The van der Waals surface area contributed by atoms with Crippen molar-refractivity contribution in [3.8, 4) is 22.6 Å². The lowest BCUT2D eigenvalue weighted by atomic mass is 9.99. The van der Waals surface area contributed by atoms with E-state index in [0.29, 0.717) is 0 Å². The molecule has 0 amide bonds. The first-order chi connectivity index (χ1) is 20.9. The largest absolute Gasteiger partial charge is 0.309 e. The Labute approximate surface area is 241 Å². The molecule has 9 rings (SSSR count). The quantitative estimate of drug-likeness (QED) is 0.225. The van der Waals surface area contributed by atoms with Crippen molar-refractivity contribution in [1.82, 2.24) is 19.1 Å². The fourth-order valence-corrected chi connectivity index (χ4v) is 6.68. The Balaban J connectivity index is 1.35. The molecule has 0 N–H and O–H groups in total. The van der Waals surface area contributed by atoms with Crippen molar-refractivity contribution in [2.75, 3.05) is 0 Å². The molecule has 4 heterocycles. The van der Waals surface area contributed by atoms with Gasteiger partial charge in [-0.2, -0.15) is 0 Å². The number of hydrogen-bond donors (Lipinski definition) is 0. The number of nitrogens with zero attached hydrogens (tertiary/aromatic N) is 4. The van der Waals surface area contributed by atoms with E-state index in [4.69, 9.17) is 4.98 Å². The van der Waals surface area contributed by atoms with Crippen molar-refractivity contribution >= 4 is 54.4 Å². The lowest BCUT2D eigenvalue weighted by Gasteiger charge is -2.10. The molecule has 4 heteroatoms. The molecule has 0 aliphatic rings. The molecule has 0 unspecified atom stereocenters. The summed E-state index contributed by atoms with van der Waals surface area (Å²) in [5.74, 6) is 0.903. The van der Waals surface area contributed by atoms with Crippen LogP contribution in [0.1, 0.15) is 0 Å². The van der Waals surface area contributed by atoms with Gasteiger partial charge in [0.15, 0.2) is 0 Å². The lowest BCUT2D eigenvalue weighted by molar-refractivity contribution is 1.08. The second kappa shape index (κ2) is 8.88. The van der Waals surface area contributed by atoms with Crippen molar-refractivity contribution in [3.05, 3.63) is 146 Å². The Morgan fingerprint density at radius 2 is 1.00 bits per heavy atom. The van der Waals surface area contributed by atoms with Crippen LogP contribution < -0.4 is 0 Å². The van der Waals surface area contributed by atoms with Crippen molar-refractivity contribution in [3.63, 3.8) is 0 Å². The van der Waals surface area contributed by atoms with Gasteiger partial charge in [0, 0.05) is 51.4 Å². The van der Waals surface area contributed by atoms with E-state index in [1.54, 1.807) is 0 Å². The monoisotopic (exact) mass is 536 g/mol. The van der Waals surface area contributed by atoms with E-state index in [-0.39, 0.29) is 0 Å². The van der Waals surface area contributed by atoms with Crippen LogP contribution in [0.15, 0.2) is 146 Å². The zero-order valence-electron chi connectivity index (χ0n) is 22.6. The molecule has 9 aromatic rings. The second-order valence-corrected chi connectivity index (χ2v) is 10.7. The summed E-state index contributed by atoms with van der Waals surface area (Å²) in [6.07, 6.45) is 5.58. The summed E-state index contributed by atoms with van der Waals surface area (Å²) < 4.78 is 4.67. The van der Waals surface area contributed by atoms with Crippen molar-refractivity contribution < 1.29 is 0 Å². The van der Waals surface area contributed by atoms with E-state index in [9.17, 15) is 0 Å². The smallest absolute Gasteiger partial charge is 0.137 e. The summed E-state index contributed by atoms with van der Waals surface area (Å²) in [6, 6.07) is 45.5. The molecule has 5 aromatic carbocycles. The van der Waals surface area contributed by atoms with Gasteiger partial charge in [0.25, 0.3) is 0 Å². The third-order valence-electron chi connectivity index (χ3n) is 8.47. The van der Waals surface area contributed by atoms with E-state index in [2.05, 4.69) is 129 Å². The molecule has 196 valence electrons. The van der Waals surface area contributed by atoms with Gasteiger partial charge in [-0.05, 0) is 77.0 Å². The minimum atomic E-state index is 0.903. The van der Waals surface area contributed by atoms with Gasteiger partial charge in [-0.15, -0.1) is 0 Å². The first-order valence-corrected chi connectivity index (χ1v) is 14.2. The van der Waals surface area contributed by atoms with Crippen LogP contribution in [0, 0.1) is 0 Å². The van der Waals surface area contributed by atoms with Gasteiger partial charge in [-0.3, -0.25) is 9.55 Å². The number of para-hydroxylation sites is 3. The van der Waals surface area contributed by atoms with Crippen molar-refractivity contribution in [1.29, 1.82) is 0 Å². The fourth-order valence-electron chi connectivity index (χ4n) is 6.68. The van der Waals surface area contributed by atoms with Crippen LogP contribution in [-0.4, -0.2) is 19.1 Å². The number of rotatable bonds is 3. The predicted molar refractivity (Wildman–Crippen MR) is 174 cm³/mol. The number of pyridine rings is 2. The van der Waals surface area contributed by atoms with E-state index >= 15 is 0 Å². The molecule has 0 saturated heterocycles. The highest BCUT2D eigenvalue weighted by molar-refractivity contribution is 6.29. The molecule has 0 aliphatic heterocycles.